The van der Waals surface area contributed by atoms with E-state index in [4.69, 9.17) is 12.2 Å². The lowest BCUT2D eigenvalue weighted by atomic mass is 10.3. The molecule has 0 aliphatic heterocycles. The number of azo groups is 1. The van der Waals surface area contributed by atoms with Crippen LogP contribution in [0.5, 0.6) is 5.88 Å². The number of rotatable bonds is 3. The first-order valence-corrected chi connectivity index (χ1v) is 7.91. The van der Waals surface area contributed by atoms with Gasteiger partial charge in [0.1, 0.15) is 10.1 Å². The third-order valence-corrected chi connectivity index (χ3v) is 4.40. The summed E-state index contributed by atoms with van der Waals surface area (Å²) in [6.07, 6.45) is 0. The molecule has 1 heterocycles. The normalized spacial score (nSPS) is 12.0. The molecule has 0 saturated carbocycles. The zero-order chi connectivity index (χ0) is 17.4. The van der Waals surface area contributed by atoms with Gasteiger partial charge in [0.25, 0.3) is 5.56 Å². The van der Waals surface area contributed by atoms with Crippen LogP contribution in [0.3, 0.4) is 0 Å². The van der Waals surface area contributed by atoms with Crippen LogP contribution in [0.15, 0.2) is 44.2 Å². The highest BCUT2D eigenvalue weighted by atomic mass is 32.2. The van der Waals surface area contributed by atoms with E-state index in [0.717, 1.165) is 16.7 Å². The Kier molecular flexibility index (Phi) is 4.45. The van der Waals surface area contributed by atoms with Crippen molar-refractivity contribution in [3.05, 3.63) is 39.4 Å². The van der Waals surface area contributed by atoms with Gasteiger partial charge in [-0.2, -0.15) is 5.11 Å². The predicted molar refractivity (Wildman–Crippen MR) is 81.7 cm³/mol. The molecule has 1 aromatic carbocycles. The highest BCUT2D eigenvalue weighted by molar-refractivity contribution is 7.85. The van der Waals surface area contributed by atoms with Crippen molar-refractivity contribution in [2.45, 2.75) is 4.90 Å². The standard InChI is InChI=1S/C12H12N4O5S2/c1-15-10(17)9(11(18)16(2)12(15)22)14-13-7-3-5-8(6-4-7)23(19,20)21/h3-6,17H,1-2H3,(H,19,20,21)/p-1. The zero-order valence-corrected chi connectivity index (χ0v) is 13.6. The minimum atomic E-state index is -4.55. The molecule has 0 amide bonds. The highest BCUT2D eigenvalue weighted by Gasteiger charge is 2.12. The molecule has 0 aliphatic rings. The van der Waals surface area contributed by atoms with E-state index in [0.29, 0.717) is 0 Å². The monoisotopic (exact) mass is 355 g/mol. The van der Waals surface area contributed by atoms with Crippen molar-refractivity contribution in [2.24, 2.45) is 24.3 Å². The molecule has 2 rings (SSSR count). The molecule has 0 bridgehead atoms. The maximum atomic E-state index is 12.0. The summed E-state index contributed by atoms with van der Waals surface area (Å²) in [4.78, 5) is 11.6. The van der Waals surface area contributed by atoms with Gasteiger partial charge >= 0.3 is 0 Å². The molecule has 0 spiro atoms. The average molecular weight is 355 g/mol. The van der Waals surface area contributed by atoms with Gasteiger partial charge in [0.15, 0.2) is 4.77 Å². The summed E-state index contributed by atoms with van der Waals surface area (Å²) in [6, 6.07) is 4.64. The predicted octanol–water partition coefficient (Wildman–Crippen LogP) is 1.48. The largest absolute Gasteiger partial charge is 0.744 e. The average Bonchev–Trinajstić information content (AvgIpc) is 2.50. The Balaban J connectivity index is 2.46. The van der Waals surface area contributed by atoms with Crippen LogP contribution in [0, 0.1) is 4.77 Å². The van der Waals surface area contributed by atoms with Crippen LogP contribution in [-0.2, 0) is 24.2 Å². The van der Waals surface area contributed by atoms with Crippen molar-refractivity contribution >= 4 is 33.7 Å². The second-order valence-corrected chi connectivity index (χ2v) is 6.27. The first kappa shape index (κ1) is 17.0. The molecule has 0 aliphatic carbocycles. The zero-order valence-electron chi connectivity index (χ0n) is 12.0. The molecule has 122 valence electrons. The van der Waals surface area contributed by atoms with Crippen molar-refractivity contribution in [2.75, 3.05) is 0 Å². The van der Waals surface area contributed by atoms with Crippen molar-refractivity contribution in [3.63, 3.8) is 0 Å². The lowest BCUT2D eigenvalue weighted by Gasteiger charge is -2.08. The summed E-state index contributed by atoms with van der Waals surface area (Å²) < 4.78 is 34.9. The van der Waals surface area contributed by atoms with Gasteiger partial charge in [-0.25, -0.2) is 8.42 Å². The van der Waals surface area contributed by atoms with Gasteiger partial charge in [0, 0.05) is 14.1 Å². The Labute approximate surface area is 135 Å². The fourth-order valence-electron chi connectivity index (χ4n) is 1.69. The van der Waals surface area contributed by atoms with Gasteiger partial charge < -0.3 is 9.66 Å². The molecular formula is C12H11N4O5S2-. The molecule has 23 heavy (non-hydrogen) atoms. The SMILES string of the molecule is Cn1c(O)c(N=Nc2ccc(S(=O)(=O)[O-])cc2)c(=O)n(C)c1=S. The van der Waals surface area contributed by atoms with Gasteiger partial charge in [0.2, 0.25) is 11.6 Å². The third kappa shape index (κ3) is 3.36. The van der Waals surface area contributed by atoms with Gasteiger partial charge in [-0.05, 0) is 36.5 Å². The number of nitrogens with zero attached hydrogens (tertiary/aromatic N) is 4. The number of hydrogen-bond acceptors (Lipinski definition) is 8. The third-order valence-electron chi connectivity index (χ3n) is 3.00. The molecule has 0 radical (unpaired) electrons. The summed E-state index contributed by atoms with van der Waals surface area (Å²) in [7, 11) is -1.66. The maximum absolute atomic E-state index is 12.0. The summed E-state index contributed by atoms with van der Waals surface area (Å²) in [5.41, 5.74) is -0.749. The minimum absolute atomic E-state index is 0.108. The lowest BCUT2D eigenvalue weighted by Crippen LogP contribution is -2.20. The Hall–Kier alpha value is -2.37. The molecule has 11 heteroatoms. The van der Waals surface area contributed by atoms with Crippen LogP contribution in [0.2, 0.25) is 0 Å². The molecular weight excluding hydrogens is 344 g/mol. The Morgan fingerprint density at radius 1 is 1.13 bits per heavy atom. The summed E-state index contributed by atoms with van der Waals surface area (Å²) in [5.74, 6) is -0.444. The second-order valence-electron chi connectivity index (χ2n) is 4.53. The molecule has 2 aromatic rings. The maximum Gasteiger partial charge on any atom is 0.285 e. The minimum Gasteiger partial charge on any atom is -0.744 e. The van der Waals surface area contributed by atoms with Crippen molar-refractivity contribution in [3.8, 4) is 5.88 Å². The van der Waals surface area contributed by atoms with E-state index in [1.807, 2.05) is 0 Å². The van der Waals surface area contributed by atoms with Gasteiger partial charge in [0.05, 0.1) is 10.6 Å². The quantitative estimate of drug-likeness (QED) is 0.504. The molecule has 9 nitrogen and oxygen atoms in total. The lowest BCUT2D eigenvalue weighted by molar-refractivity contribution is 0.417. The van der Waals surface area contributed by atoms with E-state index >= 15 is 0 Å². The second kappa shape index (κ2) is 6.02. The topological polar surface area (TPSA) is 129 Å². The van der Waals surface area contributed by atoms with Crippen LogP contribution >= 0.6 is 12.2 Å². The van der Waals surface area contributed by atoms with Crippen LogP contribution in [0.25, 0.3) is 0 Å². The highest BCUT2D eigenvalue weighted by Crippen LogP contribution is 2.24. The van der Waals surface area contributed by atoms with Gasteiger partial charge in [-0.15, -0.1) is 5.11 Å². The van der Waals surface area contributed by atoms with E-state index in [1.54, 1.807) is 0 Å². The molecule has 0 unspecified atom stereocenters. The van der Waals surface area contributed by atoms with Crippen molar-refractivity contribution in [1.29, 1.82) is 0 Å². The smallest absolute Gasteiger partial charge is 0.285 e. The fourth-order valence-corrected chi connectivity index (χ4v) is 2.33. The van der Waals surface area contributed by atoms with E-state index in [-0.39, 0.29) is 16.1 Å². The fraction of sp³-hybridized carbons (Fsp3) is 0.167. The molecule has 1 N–H and O–H groups in total. The Morgan fingerprint density at radius 2 is 1.70 bits per heavy atom. The van der Waals surface area contributed by atoms with E-state index in [9.17, 15) is 22.9 Å². The molecule has 1 aromatic heterocycles. The Bertz CT molecular complexity index is 1000. The summed E-state index contributed by atoms with van der Waals surface area (Å²) in [6.45, 7) is 0. The van der Waals surface area contributed by atoms with E-state index < -0.39 is 26.5 Å². The van der Waals surface area contributed by atoms with Gasteiger partial charge in [-0.1, -0.05) is 0 Å². The number of aromatic nitrogens is 2. The molecule has 0 saturated heterocycles. The van der Waals surface area contributed by atoms with Crippen LogP contribution in [-0.4, -0.2) is 27.2 Å². The van der Waals surface area contributed by atoms with Crippen molar-refractivity contribution < 1.29 is 18.1 Å². The van der Waals surface area contributed by atoms with Crippen LogP contribution < -0.4 is 5.56 Å². The number of aromatic hydroxyl groups is 1. The van der Waals surface area contributed by atoms with Crippen LogP contribution in [0.1, 0.15) is 0 Å². The summed E-state index contributed by atoms with van der Waals surface area (Å²) >= 11 is 4.96. The van der Waals surface area contributed by atoms with E-state index in [2.05, 4.69) is 10.2 Å². The van der Waals surface area contributed by atoms with Crippen molar-refractivity contribution in [1.82, 2.24) is 9.13 Å². The van der Waals surface area contributed by atoms with Gasteiger partial charge in [-0.3, -0.25) is 13.9 Å². The molecule has 0 atom stereocenters. The van der Waals surface area contributed by atoms with E-state index in [1.165, 1.54) is 30.8 Å². The van der Waals surface area contributed by atoms with Crippen LogP contribution in [0.4, 0.5) is 11.4 Å². The number of hydrogen-bond donors (Lipinski definition) is 1. The number of benzene rings is 1. The Morgan fingerprint density at radius 3 is 2.22 bits per heavy atom. The summed E-state index contributed by atoms with van der Waals surface area (Å²) in [5, 5.41) is 17.3. The molecule has 0 fully saturated rings. The first-order valence-electron chi connectivity index (χ1n) is 6.09. The first-order chi connectivity index (χ1) is 10.6.